The van der Waals surface area contributed by atoms with Crippen LogP contribution < -0.4 is 0 Å². The van der Waals surface area contributed by atoms with Gasteiger partial charge in [0.25, 0.3) is 0 Å². The van der Waals surface area contributed by atoms with E-state index in [4.69, 9.17) is 0 Å². The van der Waals surface area contributed by atoms with Gasteiger partial charge in [-0.3, -0.25) is 4.90 Å². The van der Waals surface area contributed by atoms with Gasteiger partial charge in [0.05, 0.1) is 0 Å². The minimum absolute atomic E-state index is 0.859. The molecule has 122 valence electrons. The standard InChI is InChI=1S/C20H32N2/c1-2-19-10-6-7-14-22(19)20-12-16-21(17-13-20)15-11-18-8-4-3-5-9-18/h3-5,8-9,19-20H,2,6-7,10-17H2,1H3. The Kier molecular flexibility index (Phi) is 5.91. The molecule has 0 N–H and O–H groups in total. The molecule has 2 nitrogen and oxygen atoms in total. The zero-order valence-corrected chi connectivity index (χ0v) is 14.2. The van der Waals surface area contributed by atoms with E-state index in [1.807, 2.05) is 0 Å². The van der Waals surface area contributed by atoms with Gasteiger partial charge in [0.1, 0.15) is 0 Å². The van der Waals surface area contributed by atoms with E-state index in [0.29, 0.717) is 0 Å². The average molecular weight is 300 g/mol. The zero-order chi connectivity index (χ0) is 15.2. The van der Waals surface area contributed by atoms with Crippen molar-refractivity contribution in [2.45, 2.75) is 64.0 Å². The maximum Gasteiger partial charge on any atom is 0.0122 e. The van der Waals surface area contributed by atoms with Gasteiger partial charge in [-0.2, -0.15) is 0 Å². The number of hydrogen-bond donors (Lipinski definition) is 0. The highest BCUT2D eigenvalue weighted by molar-refractivity contribution is 5.14. The predicted molar refractivity (Wildman–Crippen MR) is 94.2 cm³/mol. The van der Waals surface area contributed by atoms with Crippen molar-refractivity contribution < 1.29 is 0 Å². The number of hydrogen-bond acceptors (Lipinski definition) is 2. The molecule has 2 fully saturated rings. The molecule has 1 aromatic rings. The van der Waals surface area contributed by atoms with Crippen molar-refractivity contribution in [1.29, 1.82) is 0 Å². The summed E-state index contributed by atoms with van der Waals surface area (Å²) in [5.74, 6) is 0. The maximum absolute atomic E-state index is 2.86. The molecule has 2 aliphatic heterocycles. The minimum atomic E-state index is 0.859. The van der Waals surface area contributed by atoms with Crippen LogP contribution >= 0.6 is 0 Å². The monoisotopic (exact) mass is 300 g/mol. The Morgan fingerprint density at radius 3 is 2.45 bits per heavy atom. The van der Waals surface area contributed by atoms with Crippen molar-refractivity contribution in [3.05, 3.63) is 35.9 Å². The van der Waals surface area contributed by atoms with E-state index in [0.717, 1.165) is 12.1 Å². The molecule has 1 atom stereocenters. The van der Waals surface area contributed by atoms with E-state index in [2.05, 4.69) is 47.1 Å². The summed E-state index contributed by atoms with van der Waals surface area (Å²) in [7, 11) is 0. The third kappa shape index (κ3) is 4.11. The van der Waals surface area contributed by atoms with Crippen molar-refractivity contribution in [2.24, 2.45) is 0 Å². The fourth-order valence-corrected chi connectivity index (χ4v) is 4.35. The third-order valence-corrected chi connectivity index (χ3v) is 5.73. The van der Waals surface area contributed by atoms with Crippen molar-refractivity contribution in [3.63, 3.8) is 0 Å². The molecule has 0 amide bonds. The Hall–Kier alpha value is -0.860. The number of piperidine rings is 2. The normalized spacial score (nSPS) is 25.4. The molecule has 0 radical (unpaired) electrons. The summed E-state index contributed by atoms with van der Waals surface area (Å²) in [6.45, 7) is 7.55. The molecule has 2 heterocycles. The molecule has 3 rings (SSSR count). The molecule has 0 saturated carbocycles. The van der Waals surface area contributed by atoms with Crippen molar-refractivity contribution >= 4 is 0 Å². The highest BCUT2D eigenvalue weighted by atomic mass is 15.2. The van der Waals surface area contributed by atoms with Gasteiger partial charge < -0.3 is 4.90 Å². The van der Waals surface area contributed by atoms with Crippen molar-refractivity contribution in [2.75, 3.05) is 26.2 Å². The Bertz CT molecular complexity index is 423. The first-order valence-electron chi connectivity index (χ1n) is 9.39. The van der Waals surface area contributed by atoms with Crippen LogP contribution in [0.3, 0.4) is 0 Å². The Morgan fingerprint density at radius 1 is 0.955 bits per heavy atom. The SMILES string of the molecule is CCC1CCCCN1C1CCN(CCc2ccccc2)CC1. The Labute approximate surface area is 136 Å². The van der Waals surface area contributed by atoms with Gasteiger partial charge in [0.2, 0.25) is 0 Å². The molecule has 1 aromatic carbocycles. The van der Waals surface area contributed by atoms with Gasteiger partial charge >= 0.3 is 0 Å². The summed E-state index contributed by atoms with van der Waals surface area (Å²) in [6, 6.07) is 12.7. The second kappa shape index (κ2) is 8.12. The van der Waals surface area contributed by atoms with Gasteiger partial charge in [0, 0.05) is 18.6 Å². The molecule has 0 aliphatic carbocycles. The van der Waals surface area contributed by atoms with Crippen molar-refractivity contribution in [3.8, 4) is 0 Å². The molecule has 0 aromatic heterocycles. The van der Waals surface area contributed by atoms with Gasteiger partial charge in [-0.15, -0.1) is 0 Å². The largest absolute Gasteiger partial charge is 0.303 e. The highest BCUT2D eigenvalue weighted by Gasteiger charge is 2.30. The topological polar surface area (TPSA) is 6.48 Å². The van der Waals surface area contributed by atoms with Crippen LogP contribution in [0.2, 0.25) is 0 Å². The fourth-order valence-electron chi connectivity index (χ4n) is 4.35. The molecular weight excluding hydrogens is 268 g/mol. The number of nitrogens with zero attached hydrogens (tertiary/aromatic N) is 2. The predicted octanol–water partition coefficient (Wildman–Crippen LogP) is 3.96. The van der Waals surface area contributed by atoms with Gasteiger partial charge in [0.15, 0.2) is 0 Å². The summed E-state index contributed by atoms with van der Waals surface area (Å²) in [6.07, 6.45) is 9.61. The second-order valence-corrected chi connectivity index (χ2v) is 7.10. The van der Waals surface area contributed by atoms with Gasteiger partial charge in [-0.25, -0.2) is 0 Å². The molecule has 0 bridgehead atoms. The van der Waals surface area contributed by atoms with E-state index in [-0.39, 0.29) is 0 Å². The second-order valence-electron chi connectivity index (χ2n) is 7.10. The smallest absolute Gasteiger partial charge is 0.0122 e. The van der Waals surface area contributed by atoms with Gasteiger partial charge in [-0.1, -0.05) is 43.7 Å². The number of rotatable bonds is 5. The number of benzene rings is 1. The number of likely N-dealkylation sites (tertiary alicyclic amines) is 2. The van der Waals surface area contributed by atoms with Crippen LogP contribution in [0.15, 0.2) is 30.3 Å². The van der Waals surface area contributed by atoms with E-state index < -0.39 is 0 Å². The van der Waals surface area contributed by atoms with Crippen LogP contribution in [0.1, 0.15) is 51.0 Å². The molecular formula is C20H32N2. The lowest BCUT2D eigenvalue weighted by Crippen LogP contribution is -2.51. The quantitative estimate of drug-likeness (QED) is 0.812. The lowest BCUT2D eigenvalue weighted by Gasteiger charge is -2.44. The van der Waals surface area contributed by atoms with Crippen LogP contribution in [0.4, 0.5) is 0 Å². The summed E-state index contributed by atoms with van der Waals surface area (Å²) in [5, 5.41) is 0. The summed E-state index contributed by atoms with van der Waals surface area (Å²) in [5.41, 5.74) is 1.48. The first-order valence-corrected chi connectivity index (χ1v) is 9.39. The van der Waals surface area contributed by atoms with E-state index >= 15 is 0 Å². The van der Waals surface area contributed by atoms with Crippen LogP contribution in [0.5, 0.6) is 0 Å². The fraction of sp³-hybridized carbons (Fsp3) is 0.700. The van der Waals surface area contributed by atoms with E-state index in [9.17, 15) is 0 Å². The van der Waals surface area contributed by atoms with E-state index in [1.54, 1.807) is 0 Å². The Balaban J connectivity index is 1.44. The molecule has 2 saturated heterocycles. The molecule has 1 unspecified atom stereocenters. The summed E-state index contributed by atoms with van der Waals surface area (Å²) < 4.78 is 0. The lowest BCUT2D eigenvalue weighted by molar-refractivity contribution is 0.0490. The van der Waals surface area contributed by atoms with Gasteiger partial charge in [-0.05, 0) is 63.7 Å². The minimum Gasteiger partial charge on any atom is -0.303 e. The average Bonchev–Trinajstić information content (AvgIpc) is 2.61. The Morgan fingerprint density at radius 2 is 1.73 bits per heavy atom. The molecule has 22 heavy (non-hydrogen) atoms. The van der Waals surface area contributed by atoms with Crippen molar-refractivity contribution in [1.82, 2.24) is 9.80 Å². The van der Waals surface area contributed by atoms with Crippen LogP contribution in [0.25, 0.3) is 0 Å². The maximum atomic E-state index is 2.86. The zero-order valence-electron chi connectivity index (χ0n) is 14.2. The first kappa shape index (κ1) is 16.0. The summed E-state index contributed by atoms with van der Waals surface area (Å²) in [4.78, 5) is 5.53. The lowest BCUT2D eigenvalue weighted by atomic mass is 9.93. The first-order chi connectivity index (χ1) is 10.9. The molecule has 0 spiro atoms. The molecule has 2 aliphatic rings. The van der Waals surface area contributed by atoms with Crippen LogP contribution in [-0.2, 0) is 6.42 Å². The van der Waals surface area contributed by atoms with E-state index in [1.165, 1.54) is 76.7 Å². The van der Waals surface area contributed by atoms with Crippen LogP contribution in [0, 0.1) is 0 Å². The third-order valence-electron chi connectivity index (χ3n) is 5.73. The summed E-state index contributed by atoms with van der Waals surface area (Å²) >= 11 is 0. The van der Waals surface area contributed by atoms with Crippen LogP contribution in [-0.4, -0.2) is 48.1 Å². The molecule has 2 heteroatoms. The highest BCUT2D eigenvalue weighted by Crippen LogP contribution is 2.26.